The van der Waals surface area contributed by atoms with E-state index in [2.05, 4.69) is 10.3 Å². The highest BCUT2D eigenvalue weighted by Gasteiger charge is 2.14. The summed E-state index contributed by atoms with van der Waals surface area (Å²) in [6.07, 6.45) is 1.54. The summed E-state index contributed by atoms with van der Waals surface area (Å²) < 4.78 is 6.47. The van der Waals surface area contributed by atoms with Crippen molar-refractivity contribution >= 4 is 33.3 Å². The zero-order valence-corrected chi connectivity index (χ0v) is 12.6. The second kappa shape index (κ2) is 5.64. The van der Waals surface area contributed by atoms with E-state index in [0.717, 1.165) is 4.88 Å². The molecule has 0 bridgehead atoms. The van der Waals surface area contributed by atoms with Crippen LogP contribution in [0, 0.1) is 6.92 Å². The maximum atomic E-state index is 12.0. The monoisotopic (exact) mass is 318 g/mol. The van der Waals surface area contributed by atoms with Crippen molar-refractivity contribution in [1.29, 1.82) is 0 Å². The Hall–Kier alpha value is -2.61. The van der Waals surface area contributed by atoms with Gasteiger partial charge >= 0.3 is 5.69 Å². The number of nitrogens with two attached hydrogens (primary N) is 1. The van der Waals surface area contributed by atoms with Crippen LogP contribution in [0.25, 0.3) is 10.2 Å². The van der Waals surface area contributed by atoms with E-state index >= 15 is 0 Å². The average Bonchev–Trinajstić information content (AvgIpc) is 3.10. The van der Waals surface area contributed by atoms with Crippen molar-refractivity contribution in [3.63, 3.8) is 0 Å². The van der Waals surface area contributed by atoms with Gasteiger partial charge in [0, 0.05) is 4.88 Å². The van der Waals surface area contributed by atoms with Gasteiger partial charge in [-0.2, -0.15) is 4.98 Å². The molecule has 3 heterocycles. The van der Waals surface area contributed by atoms with Crippen molar-refractivity contribution in [3.05, 3.63) is 45.6 Å². The summed E-state index contributed by atoms with van der Waals surface area (Å²) >= 11 is 1.41. The van der Waals surface area contributed by atoms with Crippen LogP contribution in [0.15, 0.2) is 33.7 Å². The summed E-state index contributed by atoms with van der Waals surface area (Å²) in [6, 6.07) is 5.37. The van der Waals surface area contributed by atoms with Gasteiger partial charge in [0.05, 0.1) is 18.2 Å². The Morgan fingerprint density at radius 1 is 1.55 bits per heavy atom. The van der Waals surface area contributed by atoms with Crippen LogP contribution in [-0.2, 0) is 17.9 Å². The summed E-state index contributed by atoms with van der Waals surface area (Å²) in [5, 5.41) is 3.40. The van der Waals surface area contributed by atoms with E-state index in [1.54, 1.807) is 12.1 Å². The van der Waals surface area contributed by atoms with Crippen LogP contribution in [-0.4, -0.2) is 15.5 Å². The number of nitrogen functional groups attached to an aromatic ring is 1. The van der Waals surface area contributed by atoms with E-state index in [1.807, 2.05) is 13.0 Å². The Labute approximate surface area is 129 Å². The summed E-state index contributed by atoms with van der Waals surface area (Å²) in [7, 11) is 0. The molecular weight excluding hydrogens is 304 g/mol. The Morgan fingerprint density at radius 3 is 3.09 bits per heavy atom. The van der Waals surface area contributed by atoms with E-state index in [9.17, 15) is 9.59 Å². The van der Waals surface area contributed by atoms with Gasteiger partial charge in [0.15, 0.2) is 0 Å². The number of rotatable bonds is 4. The number of aromatic nitrogens is 2. The Bertz CT molecular complexity index is 880. The quantitative estimate of drug-likeness (QED) is 0.754. The molecule has 0 fully saturated rings. The molecule has 0 aliphatic rings. The van der Waals surface area contributed by atoms with Gasteiger partial charge in [-0.15, -0.1) is 11.3 Å². The number of thiophene rings is 1. The molecule has 8 heteroatoms. The van der Waals surface area contributed by atoms with Crippen LogP contribution < -0.4 is 16.7 Å². The predicted molar refractivity (Wildman–Crippen MR) is 83.6 cm³/mol. The van der Waals surface area contributed by atoms with Crippen LogP contribution in [0.4, 0.5) is 5.82 Å². The number of nitrogens with zero attached hydrogens (tertiary/aromatic N) is 2. The first-order chi connectivity index (χ1) is 10.5. The molecule has 0 saturated carbocycles. The van der Waals surface area contributed by atoms with Gasteiger partial charge in [-0.05, 0) is 25.1 Å². The highest BCUT2D eigenvalue weighted by molar-refractivity contribution is 7.18. The smallest absolute Gasteiger partial charge is 0.351 e. The fraction of sp³-hybridized carbons (Fsp3) is 0.214. The third-order valence-corrected chi connectivity index (χ3v) is 4.22. The second-order valence-corrected chi connectivity index (χ2v) is 6.03. The number of anilines is 1. The molecule has 0 aliphatic heterocycles. The molecule has 0 spiro atoms. The summed E-state index contributed by atoms with van der Waals surface area (Å²) in [4.78, 5) is 29.5. The molecular formula is C14H14N4O3S. The summed E-state index contributed by atoms with van der Waals surface area (Å²) in [5.74, 6) is 0.544. The number of hydrogen-bond donors (Lipinski definition) is 2. The minimum atomic E-state index is -0.528. The van der Waals surface area contributed by atoms with Crippen molar-refractivity contribution in [3.8, 4) is 0 Å². The Balaban J connectivity index is 1.84. The highest BCUT2D eigenvalue weighted by atomic mass is 32.1. The average molecular weight is 318 g/mol. The molecule has 0 aliphatic carbocycles. The van der Waals surface area contributed by atoms with E-state index < -0.39 is 5.69 Å². The lowest BCUT2D eigenvalue weighted by Gasteiger charge is -2.08. The molecule has 0 unspecified atom stereocenters. The van der Waals surface area contributed by atoms with Gasteiger partial charge in [-0.1, -0.05) is 0 Å². The number of fused-ring (bicyclic) bond motifs is 1. The molecule has 0 aromatic carbocycles. The molecule has 3 aromatic rings. The molecule has 0 saturated heterocycles. The zero-order chi connectivity index (χ0) is 15.7. The number of amides is 1. The van der Waals surface area contributed by atoms with E-state index in [-0.39, 0.29) is 24.8 Å². The van der Waals surface area contributed by atoms with Crippen molar-refractivity contribution in [2.24, 2.45) is 0 Å². The van der Waals surface area contributed by atoms with Crippen LogP contribution in [0.5, 0.6) is 0 Å². The first kappa shape index (κ1) is 14.3. The van der Waals surface area contributed by atoms with E-state index in [4.69, 9.17) is 10.2 Å². The molecule has 0 atom stereocenters. The topological polar surface area (TPSA) is 103 Å². The third kappa shape index (κ3) is 2.73. The first-order valence-electron chi connectivity index (χ1n) is 6.60. The van der Waals surface area contributed by atoms with Crippen LogP contribution in [0.2, 0.25) is 0 Å². The van der Waals surface area contributed by atoms with E-state index in [1.165, 1.54) is 22.2 Å². The lowest BCUT2D eigenvalue weighted by Crippen LogP contribution is -2.33. The van der Waals surface area contributed by atoms with Crippen molar-refractivity contribution in [2.75, 3.05) is 5.73 Å². The third-order valence-electron chi connectivity index (χ3n) is 3.15. The molecule has 3 aromatic heterocycles. The molecule has 1 amide bonds. The normalized spacial score (nSPS) is 11.0. The van der Waals surface area contributed by atoms with Gasteiger partial charge in [-0.25, -0.2) is 4.79 Å². The lowest BCUT2D eigenvalue weighted by molar-refractivity contribution is -0.121. The fourth-order valence-electron chi connectivity index (χ4n) is 2.13. The number of carbonyl (C=O) groups is 1. The number of nitrogens with one attached hydrogen (secondary N) is 1. The molecule has 3 N–H and O–H groups in total. The maximum absolute atomic E-state index is 12.0. The molecule has 22 heavy (non-hydrogen) atoms. The summed E-state index contributed by atoms with van der Waals surface area (Å²) in [6.45, 7) is 2.08. The number of carbonyl (C=O) groups excluding carboxylic acids is 1. The minimum absolute atomic E-state index is 0.108. The van der Waals surface area contributed by atoms with Crippen LogP contribution in [0.3, 0.4) is 0 Å². The van der Waals surface area contributed by atoms with Gasteiger partial charge in [0.25, 0.3) is 0 Å². The van der Waals surface area contributed by atoms with Crippen molar-refractivity contribution in [1.82, 2.24) is 14.9 Å². The van der Waals surface area contributed by atoms with Crippen molar-refractivity contribution in [2.45, 2.75) is 20.0 Å². The largest absolute Gasteiger partial charge is 0.467 e. The number of furan rings is 1. The zero-order valence-electron chi connectivity index (χ0n) is 11.8. The van der Waals surface area contributed by atoms with Gasteiger partial charge in [0.1, 0.15) is 23.0 Å². The predicted octanol–water partition coefficient (Wildman–Crippen LogP) is 1.26. The standard InChI is InChI=1S/C14H14N4O3S/c1-8-5-10-12(15)17-14(20)18(13(10)22-8)7-11(19)16-6-9-3-2-4-21-9/h2-5H,6-7H2,1H3,(H,16,19)(H2,15,17,20). The second-order valence-electron chi connectivity index (χ2n) is 4.80. The molecule has 0 radical (unpaired) electrons. The van der Waals surface area contributed by atoms with Gasteiger partial charge in [-0.3, -0.25) is 9.36 Å². The van der Waals surface area contributed by atoms with Crippen molar-refractivity contribution < 1.29 is 9.21 Å². The summed E-state index contributed by atoms with van der Waals surface area (Å²) in [5.41, 5.74) is 5.23. The lowest BCUT2D eigenvalue weighted by atomic mass is 10.3. The highest BCUT2D eigenvalue weighted by Crippen LogP contribution is 2.26. The molecule has 3 rings (SSSR count). The maximum Gasteiger partial charge on any atom is 0.351 e. The minimum Gasteiger partial charge on any atom is -0.467 e. The SMILES string of the molecule is Cc1cc2c(N)nc(=O)n(CC(=O)NCc3ccco3)c2s1. The van der Waals surface area contributed by atoms with Gasteiger partial charge in [0.2, 0.25) is 5.91 Å². The molecule has 7 nitrogen and oxygen atoms in total. The van der Waals surface area contributed by atoms with Crippen LogP contribution in [0.1, 0.15) is 10.6 Å². The number of hydrogen-bond acceptors (Lipinski definition) is 6. The van der Waals surface area contributed by atoms with E-state index in [0.29, 0.717) is 16.0 Å². The number of aryl methyl sites for hydroxylation is 1. The van der Waals surface area contributed by atoms with Crippen LogP contribution >= 0.6 is 11.3 Å². The molecule has 114 valence electrons. The van der Waals surface area contributed by atoms with Gasteiger partial charge < -0.3 is 15.5 Å². The Kier molecular flexibility index (Phi) is 3.68. The fourth-order valence-corrected chi connectivity index (χ4v) is 3.14. The first-order valence-corrected chi connectivity index (χ1v) is 7.42. The Morgan fingerprint density at radius 2 is 2.36 bits per heavy atom.